The Hall–Kier alpha value is -3.17. The Morgan fingerprint density at radius 1 is 1.11 bits per heavy atom. The first-order valence-electron chi connectivity index (χ1n) is 12.9. The van der Waals surface area contributed by atoms with Crippen molar-refractivity contribution in [1.29, 1.82) is 0 Å². The van der Waals surface area contributed by atoms with Gasteiger partial charge >= 0.3 is 23.9 Å². The molecule has 10 nitrogen and oxygen atoms in total. The molecule has 0 amide bonds. The summed E-state index contributed by atoms with van der Waals surface area (Å²) in [5.74, 6) is -5.08. The maximum atomic E-state index is 14.1. The summed E-state index contributed by atoms with van der Waals surface area (Å²) >= 11 is 0. The van der Waals surface area contributed by atoms with E-state index in [0.717, 1.165) is 0 Å². The number of fused-ring (bicyclic) bond motifs is 3. The van der Waals surface area contributed by atoms with E-state index in [4.69, 9.17) is 23.4 Å². The van der Waals surface area contributed by atoms with Crippen molar-refractivity contribution in [2.24, 2.45) is 28.6 Å². The molecule has 7 atom stereocenters. The molecule has 0 N–H and O–H groups in total. The van der Waals surface area contributed by atoms with Crippen LogP contribution in [0, 0.1) is 28.6 Å². The van der Waals surface area contributed by atoms with Gasteiger partial charge < -0.3 is 23.4 Å². The Kier molecular flexibility index (Phi) is 7.22. The van der Waals surface area contributed by atoms with Crippen LogP contribution in [0.25, 0.3) is 0 Å². The monoisotopic (exact) mass is 532 g/mol. The first-order valence-corrected chi connectivity index (χ1v) is 12.9. The smallest absolute Gasteiger partial charge is 0.317 e. The second-order valence-electron chi connectivity index (χ2n) is 12.2. The van der Waals surface area contributed by atoms with E-state index in [1.807, 2.05) is 13.8 Å². The van der Waals surface area contributed by atoms with E-state index >= 15 is 0 Å². The van der Waals surface area contributed by atoms with E-state index in [2.05, 4.69) is 0 Å². The second kappa shape index (κ2) is 9.85. The van der Waals surface area contributed by atoms with Crippen LogP contribution in [-0.2, 0) is 42.9 Å². The molecular formula is C28H36O10. The molecule has 10 heteroatoms. The molecule has 2 heterocycles. The molecule has 0 bridgehead atoms. The summed E-state index contributed by atoms with van der Waals surface area (Å²) in [7, 11) is 1.28. The van der Waals surface area contributed by atoms with Gasteiger partial charge in [-0.3, -0.25) is 24.0 Å². The highest BCUT2D eigenvalue weighted by Crippen LogP contribution is 2.65. The molecular weight excluding hydrogens is 496 g/mol. The zero-order chi connectivity index (χ0) is 28.0. The van der Waals surface area contributed by atoms with Crippen LogP contribution in [0.4, 0.5) is 0 Å². The number of rotatable bonds is 5. The molecule has 2 saturated carbocycles. The lowest BCUT2D eigenvalue weighted by molar-refractivity contribution is -0.211. The maximum Gasteiger partial charge on any atom is 0.317 e. The van der Waals surface area contributed by atoms with Crippen molar-refractivity contribution in [3.8, 4) is 0 Å². The van der Waals surface area contributed by atoms with Crippen molar-refractivity contribution in [2.45, 2.75) is 84.5 Å². The van der Waals surface area contributed by atoms with E-state index in [0.29, 0.717) is 24.8 Å². The van der Waals surface area contributed by atoms with Gasteiger partial charge in [-0.05, 0) is 56.9 Å². The van der Waals surface area contributed by atoms with Gasteiger partial charge in [0.1, 0.15) is 18.1 Å². The van der Waals surface area contributed by atoms with Gasteiger partial charge in [0.15, 0.2) is 11.9 Å². The number of esters is 4. The largest absolute Gasteiger partial charge is 0.472 e. The van der Waals surface area contributed by atoms with Gasteiger partial charge in [0, 0.05) is 17.9 Å². The summed E-state index contributed by atoms with van der Waals surface area (Å²) < 4.78 is 26.8. The van der Waals surface area contributed by atoms with Crippen LogP contribution in [0.1, 0.15) is 78.4 Å². The second-order valence-corrected chi connectivity index (χ2v) is 12.2. The molecule has 0 unspecified atom stereocenters. The third kappa shape index (κ3) is 4.97. The molecule has 1 aliphatic heterocycles. The first kappa shape index (κ1) is 27.9. The quantitative estimate of drug-likeness (QED) is 0.314. The van der Waals surface area contributed by atoms with Gasteiger partial charge in [0.25, 0.3) is 0 Å². The molecule has 38 heavy (non-hydrogen) atoms. The minimum atomic E-state index is -1.27. The zero-order valence-corrected chi connectivity index (χ0v) is 22.7. The van der Waals surface area contributed by atoms with Crippen LogP contribution < -0.4 is 0 Å². The Morgan fingerprint density at radius 3 is 2.42 bits per heavy atom. The lowest BCUT2D eigenvalue weighted by atomic mass is 9.43. The van der Waals surface area contributed by atoms with Crippen LogP contribution in [0.15, 0.2) is 23.0 Å². The number of ketones is 1. The van der Waals surface area contributed by atoms with E-state index in [-0.39, 0.29) is 12.2 Å². The third-order valence-corrected chi connectivity index (χ3v) is 8.49. The summed E-state index contributed by atoms with van der Waals surface area (Å²) in [5.41, 5.74) is -1.83. The van der Waals surface area contributed by atoms with E-state index in [9.17, 15) is 24.0 Å². The number of furan rings is 1. The molecule has 2 aliphatic carbocycles. The number of ether oxygens (including phenoxy) is 4. The van der Waals surface area contributed by atoms with Crippen molar-refractivity contribution < 1.29 is 47.3 Å². The topological polar surface area (TPSA) is 135 Å². The van der Waals surface area contributed by atoms with Crippen LogP contribution in [-0.4, -0.2) is 48.5 Å². The lowest BCUT2D eigenvalue weighted by Gasteiger charge is -2.61. The molecule has 3 aliphatic rings. The SMILES string of the molecule is COC(=O)[C@@H]1C[C@H](OC(=O)CC(=O)OC(C)(C)C)C(=O)[C@H]2[C@@]1(C)CC[C@H]1C(=O)O[C@H](c3ccoc3)C[C@]21C. The van der Waals surface area contributed by atoms with Crippen LogP contribution in [0.2, 0.25) is 0 Å². The van der Waals surface area contributed by atoms with Gasteiger partial charge in [-0.2, -0.15) is 0 Å². The van der Waals surface area contributed by atoms with E-state index in [1.165, 1.54) is 19.6 Å². The van der Waals surface area contributed by atoms with Crippen molar-refractivity contribution in [2.75, 3.05) is 7.11 Å². The van der Waals surface area contributed by atoms with E-state index < -0.39 is 76.7 Å². The fraction of sp³-hybridized carbons (Fsp3) is 0.679. The molecule has 1 aromatic heterocycles. The summed E-state index contributed by atoms with van der Waals surface area (Å²) in [6.07, 6.45) is 1.58. The number of carbonyl (C=O) groups is 5. The van der Waals surface area contributed by atoms with Crippen molar-refractivity contribution in [3.63, 3.8) is 0 Å². The average Bonchev–Trinajstić information content (AvgIpc) is 3.33. The fourth-order valence-corrected chi connectivity index (χ4v) is 6.96. The number of hydrogen-bond donors (Lipinski definition) is 0. The average molecular weight is 533 g/mol. The molecule has 1 saturated heterocycles. The molecule has 1 aromatic rings. The Labute approximate surface area is 221 Å². The van der Waals surface area contributed by atoms with Crippen LogP contribution in [0.5, 0.6) is 0 Å². The predicted molar refractivity (Wildman–Crippen MR) is 130 cm³/mol. The van der Waals surface area contributed by atoms with Gasteiger partial charge in [-0.1, -0.05) is 13.8 Å². The Balaban J connectivity index is 1.66. The Bertz CT molecular complexity index is 1120. The van der Waals surface area contributed by atoms with Crippen molar-refractivity contribution in [1.82, 2.24) is 0 Å². The lowest BCUT2D eigenvalue weighted by Crippen LogP contribution is -2.64. The van der Waals surface area contributed by atoms with Gasteiger partial charge in [-0.15, -0.1) is 0 Å². The molecule has 0 radical (unpaired) electrons. The normalized spacial score (nSPS) is 34.8. The van der Waals surface area contributed by atoms with Crippen molar-refractivity contribution >= 4 is 29.7 Å². The molecule has 4 rings (SSSR count). The van der Waals surface area contributed by atoms with E-state index in [1.54, 1.807) is 26.8 Å². The fourth-order valence-electron chi connectivity index (χ4n) is 6.96. The first-order chi connectivity index (χ1) is 17.7. The molecule has 0 aromatic carbocycles. The van der Waals surface area contributed by atoms with Crippen LogP contribution >= 0.6 is 0 Å². The van der Waals surface area contributed by atoms with Gasteiger partial charge in [0.05, 0.1) is 31.5 Å². The van der Waals surface area contributed by atoms with Gasteiger partial charge in [-0.25, -0.2) is 0 Å². The van der Waals surface area contributed by atoms with Crippen molar-refractivity contribution in [3.05, 3.63) is 24.2 Å². The molecule has 208 valence electrons. The summed E-state index contributed by atoms with van der Waals surface area (Å²) in [4.78, 5) is 65.2. The summed E-state index contributed by atoms with van der Waals surface area (Å²) in [6, 6.07) is 1.71. The summed E-state index contributed by atoms with van der Waals surface area (Å²) in [5, 5.41) is 0. The van der Waals surface area contributed by atoms with Crippen LogP contribution in [0.3, 0.4) is 0 Å². The zero-order valence-electron chi connectivity index (χ0n) is 22.7. The number of hydrogen-bond acceptors (Lipinski definition) is 10. The molecule has 0 spiro atoms. The number of Topliss-reactive ketones (excluding diaryl/α,β-unsaturated/α-hetero) is 1. The third-order valence-electron chi connectivity index (χ3n) is 8.49. The summed E-state index contributed by atoms with van der Waals surface area (Å²) in [6.45, 7) is 8.78. The highest BCUT2D eigenvalue weighted by Gasteiger charge is 2.67. The number of methoxy groups -OCH3 is 1. The minimum Gasteiger partial charge on any atom is -0.472 e. The highest BCUT2D eigenvalue weighted by molar-refractivity contribution is 5.96. The molecule has 3 fully saturated rings. The predicted octanol–water partition coefficient (Wildman–Crippen LogP) is 3.71. The Morgan fingerprint density at radius 2 is 1.82 bits per heavy atom. The number of cyclic esters (lactones) is 1. The minimum absolute atomic E-state index is 0.0606. The highest BCUT2D eigenvalue weighted by atomic mass is 16.6. The van der Waals surface area contributed by atoms with Gasteiger partial charge in [0.2, 0.25) is 0 Å². The standard InChI is InChI=1S/C28H36O10/c1-26(2,3)38-21(30)12-20(29)36-18-11-17(24(32)34-6)27(4)9-7-16-25(33)37-19(15-8-10-35-14-15)13-28(16,5)23(27)22(18)31/h8,10,14,16-19,23H,7,9,11-13H2,1-6H3/t16-,17-,18-,19-,23-,27-,28-/m0/s1. The maximum absolute atomic E-state index is 14.1. The number of carbonyl (C=O) groups excluding carboxylic acids is 5.